The first-order chi connectivity index (χ1) is 15.4. The smallest absolute Gasteiger partial charge is 0.323 e. The van der Waals surface area contributed by atoms with E-state index in [4.69, 9.17) is 17.3 Å². The number of nitrogens with one attached hydrogen (secondary N) is 2. The second-order valence-electron chi connectivity index (χ2n) is 7.83. The molecule has 3 amide bonds. The van der Waals surface area contributed by atoms with Gasteiger partial charge in [0.2, 0.25) is 11.8 Å². The van der Waals surface area contributed by atoms with Crippen LogP contribution in [-0.2, 0) is 16.1 Å². The van der Waals surface area contributed by atoms with E-state index in [0.29, 0.717) is 29.4 Å². The van der Waals surface area contributed by atoms with Crippen LogP contribution in [0.4, 0.5) is 14.9 Å². The number of rotatable bonds is 5. The number of benzene rings is 2. The van der Waals surface area contributed by atoms with E-state index in [9.17, 15) is 18.8 Å². The Hall–Kier alpha value is -3.39. The number of hydrogen-bond donors (Lipinski definition) is 3. The zero-order valence-electron chi connectivity index (χ0n) is 17.1. The van der Waals surface area contributed by atoms with Gasteiger partial charge < -0.3 is 16.4 Å². The van der Waals surface area contributed by atoms with Gasteiger partial charge >= 0.3 is 6.03 Å². The zero-order valence-corrected chi connectivity index (χ0v) is 17.9. The van der Waals surface area contributed by atoms with Gasteiger partial charge in [0.25, 0.3) is 0 Å². The van der Waals surface area contributed by atoms with Crippen LogP contribution in [0.15, 0.2) is 48.7 Å². The van der Waals surface area contributed by atoms with Crippen molar-refractivity contribution in [3.8, 4) is 0 Å². The monoisotopic (exact) mass is 456 g/mol. The lowest BCUT2D eigenvalue weighted by Gasteiger charge is -2.19. The predicted octanol–water partition coefficient (Wildman–Crippen LogP) is 4.03. The Morgan fingerprint density at radius 1 is 1.06 bits per heavy atom. The second kappa shape index (κ2) is 9.00. The van der Waals surface area contributed by atoms with Gasteiger partial charge in [-0.25, -0.2) is 9.18 Å². The Bertz CT molecular complexity index is 1210. The second-order valence-corrected chi connectivity index (χ2v) is 8.24. The van der Waals surface area contributed by atoms with Crippen LogP contribution < -0.4 is 16.4 Å². The molecule has 1 heterocycles. The minimum atomic E-state index is -0.659. The van der Waals surface area contributed by atoms with E-state index in [1.807, 2.05) is 0 Å². The molecule has 4 N–H and O–H groups in total. The molecule has 0 spiro atoms. The maximum absolute atomic E-state index is 14.1. The van der Waals surface area contributed by atoms with Crippen molar-refractivity contribution in [3.63, 3.8) is 0 Å². The fraction of sp³-hybridized carbons (Fsp3) is 0.261. The number of halogens is 2. The van der Waals surface area contributed by atoms with E-state index in [1.54, 1.807) is 36.4 Å². The molecule has 1 saturated carbocycles. The average molecular weight is 457 g/mol. The summed E-state index contributed by atoms with van der Waals surface area (Å²) >= 11 is 5.79. The van der Waals surface area contributed by atoms with E-state index in [2.05, 4.69) is 10.6 Å². The lowest BCUT2D eigenvalue weighted by atomic mass is 9.94. The van der Waals surface area contributed by atoms with Gasteiger partial charge in [0.1, 0.15) is 5.82 Å². The minimum absolute atomic E-state index is 0.00926. The third-order valence-electron chi connectivity index (χ3n) is 5.88. The highest BCUT2D eigenvalue weighted by molar-refractivity contribution is 6.30. The third kappa shape index (κ3) is 4.18. The number of primary amides is 1. The predicted molar refractivity (Wildman–Crippen MR) is 120 cm³/mol. The molecule has 1 aromatic heterocycles. The molecular weight excluding hydrogens is 435 g/mol. The standard InChI is InChI=1S/C23H22ClFN4O3/c24-17-9-3-5-13(20(17)25)11-27-21(30)14-7-4-8-15(14)22(31)28-18-12-29(23(26)32)19-10-2-1-6-16(18)19/h1-3,5-6,9-10,12,14-15H,4,7-8,11H2,(H2,26,32)(H,27,30)(H,28,31)/t14-,15-/m1/s1. The number of fused-ring (bicyclic) bond motifs is 1. The molecule has 4 rings (SSSR count). The van der Waals surface area contributed by atoms with Gasteiger partial charge in [0.15, 0.2) is 0 Å². The van der Waals surface area contributed by atoms with Crippen LogP contribution in [0.25, 0.3) is 10.9 Å². The summed E-state index contributed by atoms with van der Waals surface area (Å²) in [5.74, 6) is -2.23. The van der Waals surface area contributed by atoms with Gasteiger partial charge in [0, 0.05) is 35.5 Å². The molecule has 166 valence electrons. The molecule has 0 unspecified atom stereocenters. The zero-order chi connectivity index (χ0) is 22.8. The molecule has 1 aliphatic carbocycles. The van der Waals surface area contributed by atoms with Crippen molar-refractivity contribution >= 4 is 46.0 Å². The normalized spacial score (nSPS) is 17.9. The van der Waals surface area contributed by atoms with Gasteiger partial charge in [-0.1, -0.05) is 48.4 Å². The van der Waals surface area contributed by atoms with Gasteiger partial charge in [-0.3, -0.25) is 14.2 Å². The highest BCUT2D eigenvalue weighted by Gasteiger charge is 2.38. The summed E-state index contributed by atoms with van der Waals surface area (Å²) in [7, 11) is 0. The molecular formula is C23H22ClFN4O3. The lowest BCUT2D eigenvalue weighted by molar-refractivity contribution is -0.131. The molecule has 32 heavy (non-hydrogen) atoms. The number of amides is 3. The Morgan fingerprint density at radius 2 is 1.78 bits per heavy atom. The first-order valence-electron chi connectivity index (χ1n) is 10.3. The SMILES string of the molecule is NC(=O)n1cc(NC(=O)[C@@H]2CCC[C@H]2C(=O)NCc2cccc(Cl)c2F)c2ccccc21. The molecule has 7 nitrogen and oxygen atoms in total. The molecule has 9 heteroatoms. The number of para-hydroxylation sites is 1. The van der Waals surface area contributed by atoms with Gasteiger partial charge in [-0.2, -0.15) is 0 Å². The summed E-state index contributed by atoms with van der Waals surface area (Å²) in [4.78, 5) is 37.5. The third-order valence-corrected chi connectivity index (χ3v) is 6.17. The minimum Gasteiger partial charge on any atom is -0.352 e. The van der Waals surface area contributed by atoms with Crippen molar-refractivity contribution in [2.24, 2.45) is 17.6 Å². The summed E-state index contributed by atoms with van der Waals surface area (Å²) in [5.41, 5.74) is 6.75. The Balaban J connectivity index is 1.47. The van der Waals surface area contributed by atoms with Crippen molar-refractivity contribution in [3.05, 3.63) is 65.1 Å². The largest absolute Gasteiger partial charge is 0.352 e. The molecule has 0 radical (unpaired) electrons. The number of carbonyl (C=O) groups is 3. The highest BCUT2D eigenvalue weighted by Crippen LogP contribution is 2.34. The first-order valence-corrected chi connectivity index (χ1v) is 10.7. The van der Waals surface area contributed by atoms with Crippen LogP contribution in [-0.4, -0.2) is 22.4 Å². The summed E-state index contributed by atoms with van der Waals surface area (Å²) in [6.45, 7) is -0.0117. The number of anilines is 1. The number of aromatic nitrogens is 1. The molecule has 3 aromatic rings. The van der Waals surface area contributed by atoms with Crippen molar-refractivity contribution < 1.29 is 18.8 Å². The molecule has 0 bridgehead atoms. The molecule has 1 aliphatic rings. The summed E-state index contributed by atoms with van der Waals surface area (Å²) in [6.07, 6.45) is 3.33. The lowest BCUT2D eigenvalue weighted by Crippen LogP contribution is -2.37. The maximum atomic E-state index is 14.1. The van der Waals surface area contributed by atoms with E-state index in [-0.39, 0.29) is 28.9 Å². The molecule has 0 aliphatic heterocycles. The van der Waals surface area contributed by atoms with Crippen LogP contribution in [0.3, 0.4) is 0 Å². The van der Waals surface area contributed by atoms with Crippen molar-refractivity contribution in [1.29, 1.82) is 0 Å². The van der Waals surface area contributed by atoms with Gasteiger partial charge in [0.05, 0.1) is 16.2 Å². The van der Waals surface area contributed by atoms with Crippen molar-refractivity contribution in [2.45, 2.75) is 25.8 Å². The number of carbonyl (C=O) groups excluding carboxylic acids is 3. The summed E-state index contributed by atoms with van der Waals surface area (Å²) < 4.78 is 15.3. The first kappa shape index (κ1) is 21.8. The van der Waals surface area contributed by atoms with Crippen LogP contribution >= 0.6 is 11.6 Å². The van der Waals surface area contributed by atoms with Gasteiger partial charge in [-0.15, -0.1) is 0 Å². The van der Waals surface area contributed by atoms with E-state index in [1.165, 1.54) is 16.8 Å². The van der Waals surface area contributed by atoms with Crippen LogP contribution in [0.1, 0.15) is 24.8 Å². The summed E-state index contributed by atoms with van der Waals surface area (Å²) in [5, 5.41) is 6.24. The number of nitrogens with two attached hydrogens (primary N) is 1. The Morgan fingerprint density at radius 3 is 2.53 bits per heavy atom. The molecule has 0 saturated heterocycles. The van der Waals surface area contributed by atoms with E-state index >= 15 is 0 Å². The summed E-state index contributed by atoms with van der Waals surface area (Å²) in [6, 6.07) is 11.0. The molecule has 1 fully saturated rings. The molecule has 2 atom stereocenters. The topological polar surface area (TPSA) is 106 Å². The maximum Gasteiger partial charge on any atom is 0.323 e. The quantitative estimate of drug-likeness (QED) is 0.539. The average Bonchev–Trinajstić information content (AvgIpc) is 3.40. The molecule has 2 aromatic carbocycles. The van der Waals surface area contributed by atoms with Crippen LogP contribution in [0.2, 0.25) is 5.02 Å². The highest BCUT2D eigenvalue weighted by atomic mass is 35.5. The number of hydrogen-bond acceptors (Lipinski definition) is 3. The number of nitrogens with zero attached hydrogens (tertiary/aromatic N) is 1. The van der Waals surface area contributed by atoms with E-state index in [0.717, 1.165) is 6.42 Å². The van der Waals surface area contributed by atoms with E-state index < -0.39 is 23.7 Å². The Kier molecular flexibility index (Phi) is 6.14. The Labute approximate surface area is 188 Å². The van der Waals surface area contributed by atoms with Crippen LogP contribution in [0.5, 0.6) is 0 Å². The van der Waals surface area contributed by atoms with Crippen molar-refractivity contribution in [2.75, 3.05) is 5.32 Å². The fourth-order valence-electron chi connectivity index (χ4n) is 4.27. The van der Waals surface area contributed by atoms with Crippen molar-refractivity contribution in [1.82, 2.24) is 9.88 Å². The van der Waals surface area contributed by atoms with Crippen LogP contribution in [0, 0.1) is 17.7 Å². The fourth-order valence-corrected chi connectivity index (χ4v) is 4.47. The van der Waals surface area contributed by atoms with Gasteiger partial charge in [-0.05, 0) is 25.0 Å².